The van der Waals surface area contributed by atoms with Gasteiger partial charge in [-0.3, -0.25) is 15.0 Å². The molecular formula is C29H33N3O4. The fourth-order valence-electron chi connectivity index (χ4n) is 3.79. The van der Waals surface area contributed by atoms with E-state index in [1.165, 1.54) is 0 Å². The summed E-state index contributed by atoms with van der Waals surface area (Å²) in [6, 6.07) is 23.9. The molecule has 0 fully saturated rings. The minimum Gasteiger partial charge on any atom is -0.466 e. The number of amides is 1. The fourth-order valence-corrected chi connectivity index (χ4v) is 3.79. The number of hydrogen-bond donors (Lipinski definition) is 3. The van der Waals surface area contributed by atoms with Crippen LogP contribution in [0.1, 0.15) is 55.3 Å². The Morgan fingerprint density at radius 3 is 2.36 bits per heavy atom. The normalized spacial score (nSPS) is 11.4. The van der Waals surface area contributed by atoms with Gasteiger partial charge < -0.3 is 20.5 Å². The van der Waals surface area contributed by atoms with Crippen LogP contribution < -0.4 is 15.8 Å². The van der Waals surface area contributed by atoms with Crippen molar-refractivity contribution in [1.82, 2.24) is 5.32 Å². The molecule has 7 nitrogen and oxygen atoms in total. The number of esters is 1. The average molecular weight is 488 g/mol. The van der Waals surface area contributed by atoms with Crippen LogP contribution in [0.15, 0.2) is 78.9 Å². The lowest BCUT2D eigenvalue weighted by molar-refractivity contribution is -0.143. The number of ether oxygens (including phenoxy) is 2. The predicted octanol–water partition coefficient (Wildman–Crippen LogP) is 5.29. The van der Waals surface area contributed by atoms with Crippen molar-refractivity contribution in [2.24, 2.45) is 5.73 Å². The highest BCUT2D eigenvalue weighted by molar-refractivity contribution is 5.94. The Morgan fingerprint density at radius 2 is 1.67 bits per heavy atom. The summed E-state index contributed by atoms with van der Waals surface area (Å²) >= 11 is 0. The fraction of sp³-hybridized carbons (Fsp3) is 0.276. The van der Waals surface area contributed by atoms with E-state index in [9.17, 15) is 9.59 Å². The molecule has 7 heteroatoms. The number of benzene rings is 3. The first-order valence-corrected chi connectivity index (χ1v) is 12.2. The Kier molecular flexibility index (Phi) is 10.1. The van der Waals surface area contributed by atoms with Crippen LogP contribution in [0.5, 0.6) is 11.5 Å². The molecule has 0 saturated heterocycles. The van der Waals surface area contributed by atoms with Crippen LogP contribution in [0.4, 0.5) is 0 Å². The zero-order valence-corrected chi connectivity index (χ0v) is 20.5. The molecule has 0 aliphatic carbocycles. The summed E-state index contributed by atoms with van der Waals surface area (Å²) in [5.41, 5.74) is 8.10. The number of rotatable bonds is 13. The summed E-state index contributed by atoms with van der Waals surface area (Å²) in [6.45, 7) is 2.04. The molecule has 0 radical (unpaired) electrons. The molecule has 188 valence electrons. The SMILES string of the molecule is CCOC(=O)CC(NC(=O)CCCCc1ccc(C(=N)N)cc1)c1cccc(Oc2ccccc2)c1. The van der Waals surface area contributed by atoms with Gasteiger partial charge in [0.2, 0.25) is 5.91 Å². The minimum atomic E-state index is -0.519. The number of hydrogen-bond acceptors (Lipinski definition) is 5. The number of unbranched alkanes of at least 4 members (excludes halogenated alkanes) is 1. The summed E-state index contributed by atoms with van der Waals surface area (Å²) in [4.78, 5) is 25.0. The van der Waals surface area contributed by atoms with Crippen molar-refractivity contribution in [3.8, 4) is 11.5 Å². The molecule has 3 rings (SSSR count). The molecule has 36 heavy (non-hydrogen) atoms. The van der Waals surface area contributed by atoms with E-state index in [4.69, 9.17) is 20.6 Å². The van der Waals surface area contributed by atoms with Crippen LogP contribution in [0.3, 0.4) is 0 Å². The van der Waals surface area contributed by atoms with Crippen molar-refractivity contribution in [3.05, 3.63) is 95.6 Å². The number of nitrogens with one attached hydrogen (secondary N) is 2. The van der Waals surface area contributed by atoms with Crippen LogP contribution in [0.25, 0.3) is 0 Å². The number of amidine groups is 1. The maximum Gasteiger partial charge on any atom is 0.308 e. The maximum atomic E-state index is 12.7. The first kappa shape index (κ1) is 26.5. The summed E-state index contributed by atoms with van der Waals surface area (Å²) < 4.78 is 11.1. The summed E-state index contributed by atoms with van der Waals surface area (Å²) in [5.74, 6) is 0.888. The molecule has 4 N–H and O–H groups in total. The molecule has 0 bridgehead atoms. The monoisotopic (exact) mass is 487 g/mol. The molecule has 0 heterocycles. The van der Waals surface area contributed by atoms with E-state index in [0.29, 0.717) is 29.9 Å². The number of nitrogens with two attached hydrogens (primary N) is 1. The molecule has 0 spiro atoms. The number of carbonyl (C=O) groups is 2. The topological polar surface area (TPSA) is 114 Å². The van der Waals surface area contributed by atoms with Gasteiger partial charge in [-0.1, -0.05) is 54.6 Å². The van der Waals surface area contributed by atoms with Crippen LogP contribution in [0.2, 0.25) is 0 Å². The van der Waals surface area contributed by atoms with Crippen LogP contribution in [-0.2, 0) is 20.7 Å². The molecule has 3 aromatic carbocycles. The quantitative estimate of drug-likeness (QED) is 0.131. The first-order valence-electron chi connectivity index (χ1n) is 12.2. The lowest BCUT2D eigenvalue weighted by Crippen LogP contribution is -2.30. The Hall–Kier alpha value is -4.13. The Bertz CT molecular complexity index is 1150. The van der Waals surface area contributed by atoms with E-state index < -0.39 is 6.04 Å². The van der Waals surface area contributed by atoms with Crippen molar-refractivity contribution in [2.75, 3.05) is 6.61 Å². The van der Waals surface area contributed by atoms with E-state index in [0.717, 1.165) is 24.0 Å². The van der Waals surface area contributed by atoms with Gasteiger partial charge in [-0.05, 0) is 61.6 Å². The molecule has 0 aliphatic rings. The Morgan fingerprint density at radius 1 is 0.944 bits per heavy atom. The number of aryl methyl sites for hydroxylation is 1. The smallest absolute Gasteiger partial charge is 0.308 e. The van der Waals surface area contributed by atoms with Gasteiger partial charge in [0.05, 0.1) is 19.1 Å². The summed E-state index contributed by atoms with van der Waals surface area (Å²) in [6.07, 6.45) is 2.78. The van der Waals surface area contributed by atoms with Gasteiger partial charge >= 0.3 is 5.97 Å². The second kappa shape index (κ2) is 13.7. The zero-order valence-electron chi connectivity index (χ0n) is 20.5. The lowest BCUT2D eigenvalue weighted by Gasteiger charge is -2.19. The first-order chi connectivity index (χ1) is 17.4. The second-order valence-electron chi connectivity index (χ2n) is 8.43. The molecular weight excluding hydrogens is 454 g/mol. The van der Waals surface area contributed by atoms with Gasteiger partial charge in [0.25, 0.3) is 0 Å². The molecule has 3 aromatic rings. The van der Waals surface area contributed by atoms with Gasteiger partial charge in [0.1, 0.15) is 17.3 Å². The second-order valence-corrected chi connectivity index (χ2v) is 8.43. The minimum absolute atomic E-state index is 0.0386. The highest BCUT2D eigenvalue weighted by atomic mass is 16.5. The van der Waals surface area contributed by atoms with E-state index in [1.54, 1.807) is 6.92 Å². The van der Waals surface area contributed by atoms with Gasteiger partial charge in [0.15, 0.2) is 0 Å². The van der Waals surface area contributed by atoms with Crippen LogP contribution >= 0.6 is 0 Å². The third kappa shape index (κ3) is 8.58. The largest absolute Gasteiger partial charge is 0.466 e. The predicted molar refractivity (Wildman–Crippen MR) is 140 cm³/mol. The zero-order chi connectivity index (χ0) is 25.8. The number of carbonyl (C=O) groups excluding carboxylic acids is 2. The van der Waals surface area contributed by atoms with Crippen molar-refractivity contribution < 1.29 is 19.1 Å². The van der Waals surface area contributed by atoms with E-state index in [2.05, 4.69) is 5.32 Å². The van der Waals surface area contributed by atoms with Crippen LogP contribution in [0, 0.1) is 5.41 Å². The Labute approximate surface area is 212 Å². The third-order valence-electron chi connectivity index (χ3n) is 5.63. The van der Waals surface area contributed by atoms with E-state index in [1.807, 2.05) is 78.9 Å². The molecule has 0 aromatic heterocycles. The molecule has 0 aliphatic heterocycles. The number of para-hydroxylation sites is 1. The Balaban J connectivity index is 1.58. The van der Waals surface area contributed by atoms with E-state index in [-0.39, 0.29) is 30.7 Å². The summed E-state index contributed by atoms with van der Waals surface area (Å²) in [5, 5.41) is 10.5. The van der Waals surface area contributed by atoms with Gasteiger partial charge in [-0.25, -0.2) is 0 Å². The highest BCUT2D eigenvalue weighted by Gasteiger charge is 2.20. The maximum absolute atomic E-state index is 12.7. The lowest BCUT2D eigenvalue weighted by atomic mass is 10.0. The average Bonchev–Trinajstić information content (AvgIpc) is 2.87. The van der Waals surface area contributed by atoms with Gasteiger partial charge in [-0.15, -0.1) is 0 Å². The third-order valence-corrected chi connectivity index (χ3v) is 5.63. The van der Waals surface area contributed by atoms with Gasteiger partial charge in [-0.2, -0.15) is 0 Å². The van der Waals surface area contributed by atoms with E-state index >= 15 is 0 Å². The highest BCUT2D eigenvalue weighted by Crippen LogP contribution is 2.26. The van der Waals surface area contributed by atoms with Crippen molar-refractivity contribution in [1.29, 1.82) is 5.41 Å². The molecule has 0 saturated carbocycles. The van der Waals surface area contributed by atoms with Gasteiger partial charge in [0, 0.05) is 12.0 Å². The van der Waals surface area contributed by atoms with Crippen LogP contribution in [-0.4, -0.2) is 24.3 Å². The summed E-state index contributed by atoms with van der Waals surface area (Å²) in [7, 11) is 0. The molecule has 1 unspecified atom stereocenters. The molecule has 1 amide bonds. The standard InChI is InChI=1S/C29H33N3O4/c1-2-35-28(34)20-26(23-10-8-13-25(19-23)36-24-11-4-3-5-12-24)32-27(33)14-7-6-9-21-15-17-22(18-16-21)29(30)31/h3-5,8,10-13,15-19,26H,2,6-7,9,14,20H2,1H3,(H3,30,31)(H,32,33). The van der Waals surface area contributed by atoms with Crippen molar-refractivity contribution >= 4 is 17.7 Å². The van der Waals surface area contributed by atoms with Crippen molar-refractivity contribution in [3.63, 3.8) is 0 Å². The molecule has 1 atom stereocenters. The van der Waals surface area contributed by atoms with Crippen molar-refractivity contribution in [2.45, 2.75) is 45.1 Å². The number of nitrogen functional groups attached to an aromatic ring is 1.